The van der Waals surface area contributed by atoms with E-state index in [1.165, 1.54) is 12.1 Å². The third kappa shape index (κ3) is 3.52. The molecule has 0 fully saturated rings. The lowest BCUT2D eigenvalue weighted by Gasteiger charge is -2.16. The van der Waals surface area contributed by atoms with E-state index in [2.05, 4.69) is 0 Å². The molecule has 0 heterocycles. The van der Waals surface area contributed by atoms with Crippen molar-refractivity contribution in [2.24, 2.45) is 0 Å². The molecule has 0 aliphatic carbocycles. The summed E-state index contributed by atoms with van der Waals surface area (Å²) in [5.41, 5.74) is 0.254. The van der Waals surface area contributed by atoms with Crippen LogP contribution in [0.2, 0.25) is 0 Å². The van der Waals surface area contributed by atoms with Gasteiger partial charge in [-0.05, 0) is 11.6 Å². The molecule has 18 heavy (non-hydrogen) atoms. The molecule has 0 aromatic heterocycles. The quantitative estimate of drug-likeness (QED) is 0.719. The van der Waals surface area contributed by atoms with Crippen LogP contribution in [-0.2, 0) is 11.2 Å². The van der Waals surface area contributed by atoms with Crippen LogP contribution in [0.15, 0.2) is 18.2 Å². The molecule has 1 aromatic carbocycles. The highest BCUT2D eigenvalue weighted by Crippen LogP contribution is 2.21. The Kier molecular flexibility index (Phi) is 4.77. The minimum atomic E-state index is -1.51. The van der Waals surface area contributed by atoms with E-state index in [1.54, 1.807) is 6.07 Å². The van der Waals surface area contributed by atoms with Crippen molar-refractivity contribution in [2.45, 2.75) is 25.0 Å². The number of carboxylic acids is 1. The fraction of sp³-hybridized carbons (Fsp3) is 0.333. The van der Waals surface area contributed by atoms with Gasteiger partial charge in [-0.2, -0.15) is 5.26 Å². The Balaban J connectivity index is 2.87. The average Bonchev–Trinajstić information content (AvgIpc) is 2.30. The first-order chi connectivity index (χ1) is 8.45. The van der Waals surface area contributed by atoms with Crippen LogP contribution in [0.5, 0.6) is 0 Å². The number of carboxylic acid groups (broad SMARTS) is 1. The van der Waals surface area contributed by atoms with Crippen LogP contribution in [0, 0.1) is 17.1 Å². The van der Waals surface area contributed by atoms with Crippen LogP contribution in [0.3, 0.4) is 0 Å². The Hall–Kier alpha value is -1.97. The predicted molar refractivity (Wildman–Crippen MR) is 58.9 cm³/mol. The van der Waals surface area contributed by atoms with Crippen LogP contribution in [0.25, 0.3) is 0 Å². The summed E-state index contributed by atoms with van der Waals surface area (Å²) in [6.07, 6.45) is -3.72. The first kappa shape index (κ1) is 14.1. The predicted octanol–water partition coefficient (Wildman–Crippen LogP) is 0.761. The van der Waals surface area contributed by atoms with Gasteiger partial charge in [0, 0.05) is 5.56 Å². The second kappa shape index (κ2) is 6.10. The number of halogens is 1. The molecule has 0 radical (unpaired) electrons. The summed E-state index contributed by atoms with van der Waals surface area (Å²) >= 11 is 0. The largest absolute Gasteiger partial charge is 0.481 e. The lowest BCUT2D eigenvalue weighted by atomic mass is 10.00. The number of nitrogens with zero attached hydrogens (tertiary/aromatic N) is 1. The molecule has 0 saturated heterocycles. The zero-order chi connectivity index (χ0) is 13.7. The van der Waals surface area contributed by atoms with Crippen LogP contribution >= 0.6 is 0 Å². The van der Waals surface area contributed by atoms with E-state index < -0.39 is 30.4 Å². The van der Waals surface area contributed by atoms with Crippen molar-refractivity contribution in [1.82, 2.24) is 0 Å². The van der Waals surface area contributed by atoms with E-state index in [4.69, 9.17) is 10.4 Å². The lowest BCUT2D eigenvalue weighted by molar-refractivity contribution is -0.141. The molecule has 0 saturated carbocycles. The van der Waals surface area contributed by atoms with Gasteiger partial charge in [-0.15, -0.1) is 0 Å². The molecular formula is C12H12FNO4. The number of hydrogen-bond acceptors (Lipinski definition) is 4. The van der Waals surface area contributed by atoms with E-state index in [0.29, 0.717) is 0 Å². The minimum Gasteiger partial charge on any atom is -0.481 e. The summed E-state index contributed by atoms with van der Waals surface area (Å²) in [5, 5.41) is 35.9. The van der Waals surface area contributed by atoms with E-state index >= 15 is 0 Å². The number of carbonyl (C=O) groups is 1. The van der Waals surface area contributed by atoms with Crippen molar-refractivity contribution in [3.05, 3.63) is 35.1 Å². The molecule has 0 aliphatic heterocycles. The standard InChI is InChI=1S/C12H12FNO4/c13-9-5-8(2-1-7(9)3-4-14)12(18)10(15)6-11(16)17/h1-2,5,10,12,15,18H,3,6H2,(H,16,17). The third-order valence-corrected chi connectivity index (χ3v) is 2.44. The maximum atomic E-state index is 13.5. The molecular weight excluding hydrogens is 241 g/mol. The fourth-order valence-corrected chi connectivity index (χ4v) is 1.49. The van der Waals surface area contributed by atoms with Crippen molar-refractivity contribution in [3.63, 3.8) is 0 Å². The maximum absolute atomic E-state index is 13.5. The average molecular weight is 253 g/mol. The monoisotopic (exact) mass is 253 g/mol. The maximum Gasteiger partial charge on any atom is 0.306 e. The molecule has 0 spiro atoms. The molecule has 0 bridgehead atoms. The Bertz CT molecular complexity index is 483. The fourth-order valence-electron chi connectivity index (χ4n) is 1.49. The molecule has 3 N–H and O–H groups in total. The van der Waals surface area contributed by atoms with E-state index in [9.17, 15) is 19.4 Å². The van der Waals surface area contributed by atoms with Crippen molar-refractivity contribution >= 4 is 5.97 Å². The smallest absolute Gasteiger partial charge is 0.306 e. The highest BCUT2D eigenvalue weighted by Gasteiger charge is 2.21. The Labute approximate surface area is 103 Å². The molecule has 2 atom stereocenters. The number of nitriles is 1. The van der Waals surface area contributed by atoms with Gasteiger partial charge >= 0.3 is 5.97 Å². The van der Waals surface area contributed by atoms with Gasteiger partial charge in [-0.25, -0.2) is 4.39 Å². The van der Waals surface area contributed by atoms with Crippen LogP contribution < -0.4 is 0 Å². The zero-order valence-corrected chi connectivity index (χ0v) is 9.38. The first-order valence-corrected chi connectivity index (χ1v) is 5.19. The van der Waals surface area contributed by atoms with E-state index in [0.717, 1.165) is 6.07 Å². The highest BCUT2D eigenvalue weighted by molar-refractivity contribution is 5.67. The van der Waals surface area contributed by atoms with Crippen molar-refractivity contribution in [2.75, 3.05) is 0 Å². The second-order valence-corrected chi connectivity index (χ2v) is 3.80. The van der Waals surface area contributed by atoms with Gasteiger partial charge in [0.25, 0.3) is 0 Å². The van der Waals surface area contributed by atoms with E-state index in [-0.39, 0.29) is 17.5 Å². The normalized spacial score (nSPS) is 13.7. The zero-order valence-electron chi connectivity index (χ0n) is 9.38. The third-order valence-electron chi connectivity index (χ3n) is 2.44. The van der Waals surface area contributed by atoms with Crippen LogP contribution in [-0.4, -0.2) is 27.4 Å². The number of aliphatic hydroxyl groups is 2. The summed E-state index contributed by atoms with van der Waals surface area (Å²) < 4.78 is 13.5. The number of hydrogen-bond donors (Lipinski definition) is 3. The summed E-state index contributed by atoms with van der Waals surface area (Å²) in [4.78, 5) is 10.4. The first-order valence-electron chi connectivity index (χ1n) is 5.19. The van der Waals surface area contributed by atoms with Gasteiger partial charge in [-0.1, -0.05) is 12.1 Å². The Morgan fingerprint density at radius 2 is 2.11 bits per heavy atom. The van der Waals surface area contributed by atoms with Gasteiger partial charge in [0.1, 0.15) is 11.9 Å². The molecule has 2 unspecified atom stereocenters. The SMILES string of the molecule is N#CCc1ccc(C(O)C(O)CC(=O)O)cc1F. The molecule has 0 amide bonds. The Morgan fingerprint density at radius 1 is 1.44 bits per heavy atom. The van der Waals surface area contributed by atoms with Gasteiger partial charge in [0.05, 0.1) is 25.0 Å². The number of benzene rings is 1. The summed E-state index contributed by atoms with van der Waals surface area (Å²) in [7, 11) is 0. The van der Waals surface area contributed by atoms with Gasteiger partial charge in [0.15, 0.2) is 0 Å². The molecule has 96 valence electrons. The number of aliphatic hydroxyl groups excluding tert-OH is 2. The van der Waals surface area contributed by atoms with E-state index in [1.807, 2.05) is 0 Å². The van der Waals surface area contributed by atoms with Crippen molar-refractivity contribution in [1.29, 1.82) is 5.26 Å². The Morgan fingerprint density at radius 3 is 2.61 bits per heavy atom. The van der Waals surface area contributed by atoms with Gasteiger partial charge in [-0.3, -0.25) is 4.79 Å². The van der Waals surface area contributed by atoms with Crippen LogP contribution in [0.4, 0.5) is 4.39 Å². The molecule has 6 heteroatoms. The van der Waals surface area contributed by atoms with Crippen LogP contribution in [0.1, 0.15) is 23.7 Å². The lowest BCUT2D eigenvalue weighted by Crippen LogP contribution is -2.21. The molecule has 0 aliphatic rings. The summed E-state index contributed by atoms with van der Waals surface area (Å²) in [6, 6.07) is 5.46. The number of rotatable bonds is 5. The molecule has 1 aromatic rings. The second-order valence-electron chi connectivity index (χ2n) is 3.80. The summed E-state index contributed by atoms with van der Waals surface area (Å²) in [6.45, 7) is 0. The highest BCUT2D eigenvalue weighted by atomic mass is 19.1. The summed E-state index contributed by atoms with van der Waals surface area (Å²) in [5.74, 6) is -1.93. The minimum absolute atomic E-state index is 0.0722. The topological polar surface area (TPSA) is 102 Å². The van der Waals surface area contributed by atoms with Crippen molar-refractivity contribution < 1.29 is 24.5 Å². The van der Waals surface area contributed by atoms with Gasteiger partial charge in [0.2, 0.25) is 0 Å². The number of aliphatic carboxylic acids is 1. The van der Waals surface area contributed by atoms with Crippen molar-refractivity contribution in [3.8, 4) is 6.07 Å². The van der Waals surface area contributed by atoms with Gasteiger partial charge < -0.3 is 15.3 Å². The molecule has 5 nitrogen and oxygen atoms in total. The molecule has 1 rings (SSSR count).